The minimum absolute atomic E-state index is 0.811. The van der Waals surface area contributed by atoms with Crippen molar-refractivity contribution in [2.24, 2.45) is 29.4 Å². The van der Waals surface area contributed by atoms with Crippen molar-refractivity contribution < 1.29 is 0 Å². The molecule has 1 heteroatoms. The molecule has 0 aromatic rings. The van der Waals surface area contributed by atoms with Gasteiger partial charge in [0.05, 0.1) is 0 Å². The van der Waals surface area contributed by atoms with Crippen LogP contribution in [0.25, 0.3) is 0 Å². The largest absolute Gasteiger partial charge is 0.330 e. The van der Waals surface area contributed by atoms with Crippen LogP contribution in [0, 0.1) is 23.7 Å². The fraction of sp³-hybridized carbons (Fsp3) is 1.00. The lowest BCUT2D eigenvalue weighted by Gasteiger charge is -2.37. The lowest BCUT2D eigenvalue weighted by molar-refractivity contribution is 0.137. The van der Waals surface area contributed by atoms with Gasteiger partial charge in [0, 0.05) is 0 Å². The molecular formula is C12H25N. The molecular weight excluding hydrogens is 158 g/mol. The Morgan fingerprint density at radius 2 is 2.08 bits per heavy atom. The van der Waals surface area contributed by atoms with Gasteiger partial charge < -0.3 is 5.73 Å². The van der Waals surface area contributed by atoms with Crippen LogP contribution < -0.4 is 5.73 Å². The second-order valence-electron chi connectivity index (χ2n) is 4.96. The summed E-state index contributed by atoms with van der Waals surface area (Å²) in [6.07, 6.45) is 5.49. The van der Waals surface area contributed by atoms with Crippen LogP contribution in [0.5, 0.6) is 0 Å². The van der Waals surface area contributed by atoms with Crippen molar-refractivity contribution in [1.29, 1.82) is 0 Å². The van der Waals surface area contributed by atoms with Gasteiger partial charge in [0.15, 0.2) is 0 Å². The highest BCUT2D eigenvalue weighted by molar-refractivity contribution is 4.81. The van der Waals surface area contributed by atoms with Gasteiger partial charge in [-0.15, -0.1) is 0 Å². The Kier molecular flexibility index (Phi) is 4.24. The zero-order valence-corrected chi connectivity index (χ0v) is 9.42. The van der Waals surface area contributed by atoms with Crippen LogP contribution in [0.3, 0.4) is 0 Å². The molecule has 78 valence electrons. The summed E-state index contributed by atoms with van der Waals surface area (Å²) < 4.78 is 0. The van der Waals surface area contributed by atoms with Crippen molar-refractivity contribution in [2.45, 2.75) is 46.5 Å². The van der Waals surface area contributed by atoms with E-state index in [9.17, 15) is 0 Å². The molecule has 4 unspecified atom stereocenters. The van der Waals surface area contributed by atoms with E-state index in [1.807, 2.05) is 0 Å². The molecule has 1 aliphatic rings. The van der Waals surface area contributed by atoms with E-state index in [2.05, 4.69) is 20.8 Å². The first-order chi connectivity index (χ1) is 6.19. The summed E-state index contributed by atoms with van der Waals surface area (Å²) in [5, 5.41) is 0. The lowest BCUT2D eigenvalue weighted by atomic mass is 9.69. The van der Waals surface area contributed by atoms with Crippen molar-refractivity contribution >= 4 is 0 Å². The molecule has 1 aliphatic carbocycles. The molecule has 1 rings (SSSR count). The van der Waals surface area contributed by atoms with E-state index in [-0.39, 0.29) is 0 Å². The molecule has 0 aromatic heterocycles. The summed E-state index contributed by atoms with van der Waals surface area (Å²) >= 11 is 0. The lowest BCUT2D eigenvalue weighted by Crippen LogP contribution is -2.33. The van der Waals surface area contributed by atoms with Gasteiger partial charge in [0.1, 0.15) is 0 Å². The average Bonchev–Trinajstić information content (AvgIpc) is 2.16. The molecule has 1 nitrogen and oxygen atoms in total. The number of nitrogens with two attached hydrogens (primary N) is 1. The van der Waals surface area contributed by atoms with Crippen molar-refractivity contribution in [3.63, 3.8) is 0 Å². The number of hydrogen-bond donors (Lipinski definition) is 1. The fourth-order valence-corrected chi connectivity index (χ4v) is 2.78. The summed E-state index contributed by atoms with van der Waals surface area (Å²) in [7, 11) is 0. The average molecular weight is 183 g/mol. The van der Waals surface area contributed by atoms with Gasteiger partial charge in [-0.3, -0.25) is 0 Å². The van der Waals surface area contributed by atoms with Gasteiger partial charge in [0.25, 0.3) is 0 Å². The molecule has 4 atom stereocenters. The van der Waals surface area contributed by atoms with Crippen molar-refractivity contribution in [1.82, 2.24) is 0 Å². The molecule has 1 fully saturated rings. The number of hydrogen-bond acceptors (Lipinski definition) is 1. The Labute approximate surface area is 83.1 Å². The molecule has 0 radical (unpaired) electrons. The highest BCUT2D eigenvalue weighted by Crippen LogP contribution is 2.38. The molecule has 0 aliphatic heterocycles. The second kappa shape index (κ2) is 4.99. The van der Waals surface area contributed by atoms with E-state index in [4.69, 9.17) is 5.73 Å². The van der Waals surface area contributed by atoms with Gasteiger partial charge in [-0.1, -0.05) is 33.6 Å². The Balaban J connectivity index is 2.54. The van der Waals surface area contributed by atoms with Gasteiger partial charge in [-0.05, 0) is 43.1 Å². The smallest absolute Gasteiger partial charge is 0.00461 e. The van der Waals surface area contributed by atoms with E-state index < -0.39 is 0 Å². The maximum atomic E-state index is 5.83. The summed E-state index contributed by atoms with van der Waals surface area (Å²) in [5.74, 6) is 3.52. The van der Waals surface area contributed by atoms with Crippen LogP contribution in [0.4, 0.5) is 0 Å². The maximum Gasteiger partial charge on any atom is -0.00461 e. The molecule has 0 heterocycles. The van der Waals surface area contributed by atoms with Crippen LogP contribution in [0.15, 0.2) is 0 Å². The van der Waals surface area contributed by atoms with Gasteiger partial charge in [-0.2, -0.15) is 0 Å². The standard InChI is InChI=1S/C12H25N/c1-4-10(3)12-7-9(2)5-6-11(12)8-13/h9-12H,4-8,13H2,1-3H3. The zero-order valence-electron chi connectivity index (χ0n) is 9.42. The Morgan fingerprint density at radius 3 is 2.62 bits per heavy atom. The van der Waals surface area contributed by atoms with Gasteiger partial charge in [0.2, 0.25) is 0 Å². The van der Waals surface area contributed by atoms with Crippen molar-refractivity contribution in [3.8, 4) is 0 Å². The molecule has 0 aromatic carbocycles. The first-order valence-corrected chi connectivity index (χ1v) is 5.89. The molecule has 2 N–H and O–H groups in total. The molecule has 0 bridgehead atoms. The monoisotopic (exact) mass is 183 g/mol. The summed E-state index contributed by atoms with van der Waals surface area (Å²) in [6.45, 7) is 7.99. The van der Waals surface area contributed by atoms with E-state index in [1.54, 1.807) is 0 Å². The topological polar surface area (TPSA) is 26.0 Å². The number of rotatable bonds is 3. The summed E-state index contributed by atoms with van der Waals surface area (Å²) in [5.41, 5.74) is 5.83. The third-order valence-corrected chi connectivity index (χ3v) is 3.99. The normalized spacial score (nSPS) is 37.4. The Morgan fingerprint density at radius 1 is 1.38 bits per heavy atom. The third-order valence-electron chi connectivity index (χ3n) is 3.99. The summed E-state index contributed by atoms with van der Waals surface area (Å²) in [6, 6.07) is 0. The highest BCUT2D eigenvalue weighted by Gasteiger charge is 2.30. The highest BCUT2D eigenvalue weighted by atomic mass is 14.6. The van der Waals surface area contributed by atoms with Crippen LogP contribution in [0.1, 0.15) is 46.5 Å². The van der Waals surface area contributed by atoms with Gasteiger partial charge >= 0.3 is 0 Å². The summed E-state index contributed by atoms with van der Waals surface area (Å²) in [4.78, 5) is 0. The SMILES string of the molecule is CCC(C)C1CC(C)CCC1CN. The molecule has 13 heavy (non-hydrogen) atoms. The predicted molar refractivity (Wildman–Crippen MR) is 58.5 cm³/mol. The molecule has 0 saturated heterocycles. The Hall–Kier alpha value is -0.0400. The first kappa shape index (κ1) is 11.0. The third kappa shape index (κ3) is 2.70. The van der Waals surface area contributed by atoms with Crippen LogP contribution in [-0.4, -0.2) is 6.54 Å². The maximum absolute atomic E-state index is 5.83. The minimum Gasteiger partial charge on any atom is -0.330 e. The zero-order chi connectivity index (χ0) is 9.84. The molecule has 1 saturated carbocycles. The van der Waals surface area contributed by atoms with Crippen LogP contribution in [-0.2, 0) is 0 Å². The molecule has 0 amide bonds. The van der Waals surface area contributed by atoms with Crippen LogP contribution >= 0.6 is 0 Å². The van der Waals surface area contributed by atoms with E-state index in [0.717, 1.165) is 30.2 Å². The first-order valence-electron chi connectivity index (χ1n) is 5.89. The van der Waals surface area contributed by atoms with Gasteiger partial charge in [-0.25, -0.2) is 0 Å². The quantitative estimate of drug-likeness (QED) is 0.715. The van der Waals surface area contributed by atoms with Crippen molar-refractivity contribution in [3.05, 3.63) is 0 Å². The fourth-order valence-electron chi connectivity index (χ4n) is 2.78. The predicted octanol–water partition coefficient (Wildman–Crippen LogP) is 3.04. The van der Waals surface area contributed by atoms with E-state index >= 15 is 0 Å². The van der Waals surface area contributed by atoms with E-state index in [0.29, 0.717) is 0 Å². The van der Waals surface area contributed by atoms with Crippen LogP contribution in [0.2, 0.25) is 0 Å². The van der Waals surface area contributed by atoms with Crippen molar-refractivity contribution in [2.75, 3.05) is 6.54 Å². The second-order valence-corrected chi connectivity index (χ2v) is 4.96. The minimum atomic E-state index is 0.811. The van der Waals surface area contributed by atoms with E-state index in [1.165, 1.54) is 25.7 Å². The molecule has 0 spiro atoms. The Bertz CT molecular complexity index is 144.